The number of aryl methyl sites for hydroxylation is 1. The fourth-order valence-electron chi connectivity index (χ4n) is 1.91. The van der Waals surface area contributed by atoms with Gasteiger partial charge in [0.05, 0.1) is 12.1 Å². The van der Waals surface area contributed by atoms with E-state index < -0.39 is 0 Å². The first-order valence-corrected chi connectivity index (χ1v) is 6.73. The van der Waals surface area contributed by atoms with E-state index in [4.69, 9.17) is 16.3 Å². The van der Waals surface area contributed by atoms with Gasteiger partial charge in [0.1, 0.15) is 5.75 Å². The Kier molecular flexibility index (Phi) is 4.69. The number of benzene rings is 1. The number of unbranched alkanes of at least 4 members (excludes halogenated alkanes) is 1. The van der Waals surface area contributed by atoms with Crippen LogP contribution in [0.15, 0.2) is 18.2 Å². The monoisotopic (exact) mass is 253 g/mol. The summed E-state index contributed by atoms with van der Waals surface area (Å²) >= 11 is 6.08. The Morgan fingerprint density at radius 2 is 2.18 bits per heavy atom. The summed E-state index contributed by atoms with van der Waals surface area (Å²) in [6.45, 7) is 1.15. The standard InChI is InChI=1S/C14H20ClNO/c1-17-14-8-5-11(10-13(14)15)4-2-3-9-16-12-6-7-12/h5,8,10,12,16H,2-4,6-7,9H2,1H3. The normalized spacial score (nSPS) is 14.9. The van der Waals surface area contributed by atoms with Gasteiger partial charge in [0.25, 0.3) is 0 Å². The van der Waals surface area contributed by atoms with Gasteiger partial charge in [0, 0.05) is 6.04 Å². The minimum Gasteiger partial charge on any atom is -0.495 e. The van der Waals surface area contributed by atoms with Gasteiger partial charge in [-0.05, 0) is 56.3 Å². The van der Waals surface area contributed by atoms with E-state index >= 15 is 0 Å². The quantitative estimate of drug-likeness (QED) is 0.752. The van der Waals surface area contributed by atoms with Crippen molar-refractivity contribution in [1.29, 1.82) is 0 Å². The van der Waals surface area contributed by atoms with E-state index in [1.54, 1.807) is 7.11 Å². The molecular formula is C14H20ClNO. The number of halogens is 1. The molecular weight excluding hydrogens is 234 g/mol. The third-order valence-electron chi connectivity index (χ3n) is 3.12. The molecule has 1 aliphatic rings. The summed E-state index contributed by atoms with van der Waals surface area (Å²) in [7, 11) is 1.64. The van der Waals surface area contributed by atoms with Gasteiger partial charge in [-0.15, -0.1) is 0 Å². The van der Waals surface area contributed by atoms with Crippen LogP contribution in [-0.2, 0) is 6.42 Å². The second kappa shape index (κ2) is 6.27. The molecule has 1 saturated carbocycles. The molecule has 0 radical (unpaired) electrons. The predicted molar refractivity (Wildman–Crippen MR) is 72.0 cm³/mol. The average molecular weight is 254 g/mol. The van der Waals surface area contributed by atoms with E-state index in [-0.39, 0.29) is 0 Å². The Hall–Kier alpha value is -0.730. The number of nitrogens with one attached hydrogen (secondary N) is 1. The zero-order valence-electron chi connectivity index (χ0n) is 10.3. The van der Waals surface area contributed by atoms with E-state index in [0.717, 1.165) is 24.8 Å². The van der Waals surface area contributed by atoms with Crippen LogP contribution >= 0.6 is 11.6 Å². The van der Waals surface area contributed by atoms with Crippen molar-refractivity contribution in [3.63, 3.8) is 0 Å². The maximum absolute atomic E-state index is 6.08. The summed E-state index contributed by atoms with van der Waals surface area (Å²) in [6, 6.07) is 6.87. The number of hydrogen-bond donors (Lipinski definition) is 1. The SMILES string of the molecule is COc1ccc(CCCCNC2CC2)cc1Cl. The molecule has 0 aliphatic heterocycles. The number of ether oxygens (including phenoxy) is 1. The summed E-state index contributed by atoms with van der Waals surface area (Å²) in [5.74, 6) is 0.755. The molecule has 0 heterocycles. The van der Waals surface area contributed by atoms with Crippen LogP contribution in [0.1, 0.15) is 31.2 Å². The van der Waals surface area contributed by atoms with Crippen molar-refractivity contribution in [3.05, 3.63) is 28.8 Å². The fourth-order valence-corrected chi connectivity index (χ4v) is 2.19. The van der Waals surface area contributed by atoms with E-state index in [1.807, 2.05) is 12.1 Å². The van der Waals surface area contributed by atoms with E-state index in [9.17, 15) is 0 Å². The largest absolute Gasteiger partial charge is 0.495 e. The average Bonchev–Trinajstić information content (AvgIpc) is 3.13. The molecule has 1 N–H and O–H groups in total. The molecule has 2 rings (SSSR count). The van der Waals surface area contributed by atoms with Gasteiger partial charge in [0.2, 0.25) is 0 Å². The maximum atomic E-state index is 6.08. The van der Waals surface area contributed by atoms with Gasteiger partial charge in [-0.3, -0.25) is 0 Å². The number of rotatable bonds is 7. The molecule has 0 spiro atoms. The molecule has 17 heavy (non-hydrogen) atoms. The zero-order chi connectivity index (χ0) is 12.1. The van der Waals surface area contributed by atoms with Crippen LogP contribution in [0.5, 0.6) is 5.75 Å². The number of hydrogen-bond acceptors (Lipinski definition) is 2. The first-order chi connectivity index (χ1) is 8.29. The molecule has 2 nitrogen and oxygen atoms in total. The van der Waals surface area contributed by atoms with Gasteiger partial charge in [-0.1, -0.05) is 17.7 Å². The predicted octanol–water partition coefficient (Wildman–Crippen LogP) is 3.42. The zero-order valence-corrected chi connectivity index (χ0v) is 11.1. The van der Waals surface area contributed by atoms with Crippen LogP contribution in [0.4, 0.5) is 0 Å². The molecule has 94 valence electrons. The van der Waals surface area contributed by atoms with E-state index in [2.05, 4.69) is 11.4 Å². The summed E-state index contributed by atoms with van der Waals surface area (Å²) < 4.78 is 5.13. The van der Waals surface area contributed by atoms with Gasteiger partial charge >= 0.3 is 0 Å². The van der Waals surface area contributed by atoms with Crippen molar-refractivity contribution in [2.24, 2.45) is 0 Å². The molecule has 0 amide bonds. The summed E-state index contributed by atoms with van der Waals surface area (Å²) in [5.41, 5.74) is 1.29. The second-order valence-corrected chi connectivity index (χ2v) is 5.06. The molecule has 1 fully saturated rings. The lowest BCUT2D eigenvalue weighted by molar-refractivity contribution is 0.415. The van der Waals surface area contributed by atoms with E-state index in [0.29, 0.717) is 5.02 Å². The third kappa shape index (κ3) is 4.21. The van der Waals surface area contributed by atoms with Gasteiger partial charge in [-0.2, -0.15) is 0 Å². The smallest absolute Gasteiger partial charge is 0.137 e. The highest BCUT2D eigenvalue weighted by Gasteiger charge is 2.19. The molecule has 1 aliphatic carbocycles. The van der Waals surface area contributed by atoms with Crippen LogP contribution in [0.25, 0.3) is 0 Å². The lowest BCUT2D eigenvalue weighted by Gasteiger charge is -2.06. The van der Waals surface area contributed by atoms with Crippen LogP contribution in [-0.4, -0.2) is 19.7 Å². The molecule has 3 heteroatoms. The second-order valence-electron chi connectivity index (χ2n) is 4.65. The van der Waals surface area contributed by atoms with Crippen molar-refractivity contribution < 1.29 is 4.74 Å². The molecule has 0 aromatic heterocycles. The molecule has 1 aromatic rings. The van der Waals surface area contributed by atoms with Crippen LogP contribution in [0.3, 0.4) is 0 Å². The summed E-state index contributed by atoms with van der Waals surface area (Å²) in [4.78, 5) is 0. The highest BCUT2D eigenvalue weighted by Crippen LogP contribution is 2.25. The van der Waals surface area contributed by atoms with Crippen LogP contribution < -0.4 is 10.1 Å². The minimum atomic E-state index is 0.709. The third-order valence-corrected chi connectivity index (χ3v) is 3.41. The van der Waals surface area contributed by atoms with Crippen LogP contribution in [0.2, 0.25) is 5.02 Å². The highest BCUT2D eigenvalue weighted by atomic mass is 35.5. The topological polar surface area (TPSA) is 21.3 Å². The Balaban J connectivity index is 1.68. The Labute approximate surface area is 108 Å². The molecule has 1 aromatic carbocycles. The Bertz CT molecular complexity index is 363. The van der Waals surface area contributed by atoms with Crippen molar-refractivity contribution in [2.75, 3.05) is 13.7 Å². The minimum absolute atomic E-state index is 0.709. The lowest BCUT2D eigenvalue weighted by atomic mass is 10.1. The lowest BCUT2D eigenvalue weighted by Crippen LogP contribution is -2.17. The van der Waals surface area contributed by atoms with Crippen molar-refractivity contribution >= 4 is 11.6 Å². The van der Waals surface area contributed by atoms with Crippen molar-refractivity contribution in [3.8, 4) is 5.75 Å². The number of methoxy groups -OCH3 is 1. The highest BCUT2D eigenvalue weighted by molar-refractivity contribution is 6.32. The maximum Gasteiger partial charge on any atom is 0.137 e. The summed E-state index contributed by atoms with van der Waals surface area (Å²) in [6.07, 6.45) is 6.28. The molecule has 0 atom stereocenters. The Morgan fingerprint density at radius 3 is 2.82 bits per heavy atom. The molecule has 0 bridgehead atoms. The Morgan fingerprint density at radius 1 is 1.35 bits per heavy atom. The first-order valence-electron chi connectivity index (χ1n) is 6.35. The van der Waals surface area contributed by atoms with E-state index in [1.165, 1.54) is 31.2 Å². The first kappa shape index (κ1) is 12.7. The molecule has 0 saturated heterocycles. The van der Waals surface area contributed by atoms with Crippen molar-refractivity contribution in [1.82, 2.24) is 5.32 Å². The fraction of sp³-hybridized carbons (Fsp3) is 0.571. The summed E-state index contributed by atoms with van der Waals surface area (Å²) in [5, 5.41) is 4.24. The van der Waals surface area contributed by atoms with Crippen LogP contribution in [0, 0.1) is 0 Å². The van der Waals surface area contributed by atoms with Gasteiger partial charge in [0.15, 0.2) is 0 Å². The molecule has 0 unspecified atom stereocenters. The van der Waals surface area contributed by atoms with Gasteiger partial charge in [-0.25, -0.2) is 0 Å². The van der Waals surface area contributed by atoms with Gasteiger partial charge < -0.3 is 10.1 Å². The van der Waals surface area contributed by atoms with Crippen molar-refractivity contribution in [2.45, 2.75) is 38.1 Å².